The maximum Gasteiger partial charge on any atom is 0.146 e. The summed E-state index contributed by atoms with van der Waals surface area (Å²) in [5, 5.41) is 6.56. The fourth-order valence-electron chi connectivity index (χ4n) is 2.46. The lowest BCUT2D eigenvalue weighted by atomic mass is 10.1. The van der Waals surface area contributed by atoms with E-state index in [1.807, 2.05) is 24.3 Å². The van der Waals surface area contributed by atoms with Crippen molar-refractivity contribution in [3.63, 3.8) is 0 Å². The molecule has 0 spiro atoms. The fraction of sp³-hybridized carbons (Fsp3) is 0.200. The molecule has 1 heterocycles. The van der Waals surface area contributed by atoms with Gasteiger partial charge in [-0.3, -0.25) is 0 Å². The van der Waals surface area contributed by atoms with Crippen LogP contribution in [-0.2, 0) is 6.54 Å². The smallest absolute Gasteiger partial charge is 0.146 e. The number of ether oxygens (including phenoxy) is 2. The van der Waals surface area contributed by atoms with E-state index < -0.39 is 0 Å². The standard InChI is InChI=1S/C20H22N4O2/c1-14-4-6-15(7-5-14)12-21-19-11-20(23-13-22-19)24-17-9-8-16(25-2)10-18(17)26-3/h4-11,13H,12H2,1-3H3,(H2,21,22,23,24). The zero-order valence-electron chi connectivity index (χ0n) is 15.1. The summed E-state index contributed by atoms with van der Waals surface area (Å²) in [4.78, 5) is 8.54. The molecule has 0 aliphatic rings. The number of anilines is 3. The minimum absolute atomic E-state index is 0.676. The molecule has 0 saturated carbocycles. The van der Waals surface area contributed by atoms with Gasteiger partial charge in [-0.05, 0) is 24.6 Å². The second kappa shape index (κ2) is 8.20. The Labute approximate surface area is 153 Å². The molecule has 0 aliphatic heterocycles. The third kappa shape index (κ3) is 4.42. The Kier molecular flexibility index (Phi) is 5.53. The Morgan fingerprint density at radius 2 is 1.65 bits per heavy atom. The van der Waals surface area contributed by atoms with Crippen molar-refractivity contribution in [1.82, 2.24) is 9.97 Å². The van der Waals surface area contributed by atoms with Crippen LogP contribution in [0.15, 0.2) is 54.9 Å². The van der Waals surface area contributed by atoms with E-state index in [9.17, 15) is 0 Å². The van der Waals surface area contributed by atoms with E-state index >= 15 is 0 Å². The van der Waals surface area contributed by atoms with E-state index in [2.05, 4.69) is 51.8 Å². The zero-order valence-corrected chi connectivity index (χ0v) is 15.1. The molecule has 1 aromatic heterocycles. The highest BCUT2D eigenvalue weighted by Gasteiger charge is 2.07. The van der Waals surface area contributed by atoms with Crippen molar-refractivity contribution < 1.29 is 9.47 Å². The third-order valence-corrected chi connectivity index (χ3v) is 3.93. The molecule has 0 amide bonds. The molecule has 0 saturated heterocycles. The van der Waals surface area contributed by atoms with Crippen molar-refractivity contribution in [2.75, 3.05) is 24.9 Å². The molecule has 0 aliphatic carbocycles. The Morgan fingerprint density at radius 3 is 2.38 bits per heavy atom. The quantitative estimate of drug-likeness (QED) is 0.667. The van der Waals surface area contributed by atoms with E-state index in [1.54, 1.807) is 14.2 Å². The van der Waals surface area contributed by atoms with E-state index in [1.165, 1.54) is 17.5 Å². The van der Waals surface area contributed by atoms with Crippen LogP contribution in [0.25, 0.3) is 0 Å². The highest BCUT2D eigenvalue weighted by atomic mass is 16.5. The van der Waals surface area contributed by atoms with Gasteiger partial charge in [0.15, 0.2) is 0 Å². The number of hydrogen-bond acceptors (Lipinski definition) is 6. The average molecular weight is 350 g/mol. The summed E-state index contributed by atoms with van der Waals surface area (Å²) >= 11 is 0. The molecule has 6 heteroatoms. The Bertz CT molecular complexity index is 866. The SMILES string of the molecule is COc1ccc(Nc2cc(NCc3ccc(C)cc3)ncn2)c(OC)c1. The van der Waals surface area contributed by atoms with Crippen molar-refractivity contribution in [2.45, 2.75) is 13.5 Å². The first-order valence-electron chi connectivity index (χ1n) is 8.28. The van der Waals surface area contributed by atoms with Crippen LogP contribution in [0, 0.1) is 6.92 Å². The van der Waals surface area contributed by atoms with Gasteiger partial charge < -0.3 is 20.1 Å². The molecule has 0 unspecified atom stereocenters. The Morgan fingerprint density at radius 1 is 0.885 bits per heavy atom. The van der Waals surface area contributed by atoms with Crippen LogP contribution >= 0.6 is 0 Å². The van der Waals surface area contributed by atoms with E-state index in [0.29, 0.717) is 18.1 Å². The predicted molar refractivity (Wildman–Crippen MR) is 103 cm³/mol. The van der Waals surface area contributed by atoms with Gasteiger partial charge in [0.2, 0.25) is 0 Å². The van der Waals surface area contributed by atoms with E-state index in [4.69, 9.17) is 9.47 Å². The minimum atomic E-state index is 0.676. The van der Waals surface area contributed by atoms with Gasteiger partial charge in [0.05, 0.1) is 19.9 Å². The molecule has 3 rings (SSSR count). The zero-order chi connectivity index (χ0) is 18.4. The predicted octanol–water partition coefficient (Wildman–Crippen LogP) is 4.16. The molecule has 6 nitrogen and oxygen atoms in total. The van der Waals surface area contributed by atoms with Crippen LogP contribution in [0.3, 0.4) is 0 Å². The maximum atomic E-state index is 5.40. The number of methoxy groups -OCH3 is 2. The van der Waals surface area contributed by atoms with Crippen molar-refractivity contribution in [2.24, 2.45) is 0 Å². The highest BCUT2D eigenvalue weighted by Crippen LogP contribution is 2.31. The van der Waals surface area contributed by atoms with Crippen molar-refractivity contribution in [3.8, 4) is 11.5 Å². The summed E-state index contributed by atoms with van der Waals surface area (Å²) < 4.78 is 10.6. The number of benzene rings is 2. The molecular formula is C20H22N4O2. The highest BCUT2D eigenvalue weighted by molar-refractivity contribution is 5.66. The van der Waals surface area contributed by atoms with Crippen LogP contribution < -0.4 is 20.1 Å². The molecular weight excluding hydrogens is 328 g/mol. The average Bonchev–Trinajstić information content (AvgIpc) is 2.68. The number of aromatic nitrogens is 2. The Hall–Kier alpha value is -3.28. The summed E-state index contributed by atoms with van der Waals surface area (Å²) in [5.74, 6) is 2.83. The van der Waals surface area contributed by atoms with Crippen molar-refractivity contribution in [1.29, 1.82) is 0 Å². The van der Waals surface area contributed by atoms with Gasteiger partial charge >= 0.3 is 0 Å². The second-order valence-corrected chi connectivity index (χ2v) is 5.82. The summed E-state index contributed by atoms with van der Waals surface area (Å²) in [7, 11) is 3.24. The summed E-state index contributed by atoms with van der Waals surface area (Å²) in [6.45, 7) is 2.77. The normalized spacial score (nSPS) is 10.3. The summed E-state index contributed by atoms with van der Waals surface area (Å²) in [6, 6.07) is 15.8. The van der Waals surface area contributed by atoms with E-state index in [-0.39, 0.29) is 0 Å². The first-order valence-corrected chi connectivity index (χ1v) is 8.28. The molecule has 0 atom stereocenters. The van der Waals surface area contributed by atoms with Crippen LogP contribution in [0.1, 0.15) is 11.1 Å². The number of aryl methyl sites for hydroxylation is 1. The third-order valence-electron chi connectivity index (χ3n) is 3.93. The van der Waals surface area contributed by atoms with Crippen LogP contribution in [0.2, 0.25) is 0 Å². The first-order chi connectivity index (χ1) is 12.7. The lowest BCUT2D eigenvalue weighted by Crippen LogP contribution is -2.03. The molecule has 3 aromatic rings. The number of nitrogens with one attached hydrogen (secondary N) is 2. The molecule has 0 fully saturated rings. The number of nitrogens with zero attached hydrogens (tertiary/aromatic N) is 2. The monoisotopic (exact) mass is 350 g/mol. The van der Waals surface area contributed by atoms with Gasteiger partial charge in [-0.2, -0.15) is 0 Å². The van der Waals surface area contributed by atoms with Gasteiger partial charge in [0.25, 0.3) is 0 Å². The van der Waals surface area contributed by atoms with Crippen LogP contribution in [-0.4, -0.2) is 24.2 Å². The van der Waals surface area contributed by atoms with Gasteiger partial charge in [-0.1, -0.05) is 29.8 Å². The largest absolute Gasteiger partial charge is 0.497 e. The first kappa shape index (κ1) is 17.5. The molecule has 2 N–H and O–H groups in total. The molecule has 26 heavy (non-hydrogen) atoms. The van der Waals surface area contributed by atoms with E-state index in [0.717, 1.165) is 17.3 Å². The minimum Gasteiger partial charge on any atom is -0.497 e. The summed E-state index contributed by atoms with van der Waals surface area (Å²) in [5.41, 5.74) is 3.24. The number of hydrogen-bond donors (Lipinski definition) is 2. The van der Waals surface area contributed by atoms with Gasteiger partial charge in [-0.15, -0.1) is 0 Å². The summed E-state index contributed by atoms with van der Waals surface area (Å²) in [6.07, 6.45) is 1.52. The fourth-order valence-corrected chi connectivity index (χ4v) is 2.46. The lowest BCUT2D eigenvalue weighted by molar-refractivity contribution is 0.395. The molecule has 2 aromatic carbocycles. The maximum absolute atomic E-state index is 5.40. The van der Waals surface area contributed by atoms with Gasteiger partial charge in [0.1, 0.15) is 29.5 Å². The number of rotatable bonds is 7. The topological polar surface area (TPSA) is 68.3 Å². The molecule has 0 radical (unpaired) electrons. The van der Waals surface area contributed by atoms with Crippen molar-refractivity contribution in [3.05, 3.63) is 66.0 Å². The lowest BCUT2D eigenvalue weighted by Gasteiger charge is -2.13. The van der Waals surface area contributed by atoms with Gasteiger partial charge in [0, 0.05) is 18.7 Å². The van der Waals surface area contributed by atoms with Crippen LogP contribution in [0.5, 0.6) is 11.5 Å². The van der Waals surface area contributed by atoms with Crippen molar-refractivity contribution >= 4 is 17.3 Å². The van der Waals surface area contributed by atoms with Gasteiger partial charge in [-0.25, -0.2) is 9.97 Å². The molecule has 134 valence electrons. The van der Waals surface area contributed by atoms with Crippen LogP contribution in [0.4, 0.5) is 17.3 Å². The molecule has 0 bridgehead atoms. The second-order valence-electron chi connectivity index (χ2n) is 5.82. The Balaban J connectivity index is 1.70.